The largest absolute Gasteiger partial charge is 0.489 e. The zero-order valence-electron chi connectivity index (χ0n) is 16.3. The summed E-state index contributed by atoms with van der Waals surface area (Å²) >= 11 is 12.1. The van der Waals surface area contributed by atoms with Gasteiger partial charge in [-0.1, -0.05) is 41.4 Å². The topological polar surface area (TPSA) is 51.4 Å². The molecule has 5 nitrogen and oxygen atoms in total. The highest BCUT2D eigenvalue weighted by molar-refractivity contribution is 6.35. The van der Waals surface area contributed by atoms with Gasteiger partial charge in [-0.25, -0.2) is 10.4 Å². The second-order valence-corrected chi connectivity index (χ2v) is 7.48. The lowest BCUT2D eigenvalue weighted by molar-refractivity contribution is 0.306. The highest BCUT2D eigenvalue weighted by Gasteiger charge is 2.07. The van der Waals surface area contributed by atoms with Gasteiger partial charge in [0.2, 0.25) is 5.95 Å². The van der Waals surface area contributed by atoms with Crippen LogP contribution in [-0.2, 0) is 13.2 Å². The first-order chi connectivity index (χ1) is 14.6. The second-order valence-electron chi connectivity index (χ2n) is 6.63. The Hall–Kier alpha value is -3.02. The molecule has 0 atom stereocenters. The van der Waals surface area contributed by atoms with Crippen molar-refractivity contribution in [2.45, 2.75) is 20.1 Å². The number of hydrogen-bond donors (Lipinski definition) is 1. The highest BCUT2D eigenvalue weighted by atomic mass is 35.5. The summed E-state index contributed by atoms with van der Waals surface area (Å²) in [6, 6.07) is 21.1. The summed E-state index contributed by atoms with van der Waals surface area (Å²) in [5.41, 5.74) is 6.89. The number of rotatable bonds is 7. The van der Waals surface area contributed by atoms with Crippen LogP contribution in [0, 0.1) is 0 Å². The molecule has 0 fully saturated rings. The zero-order chi connectivity index (χ0) is 20.9. The van der Waals surface area contributed by atoms with Gasteiger partial charge in [-0.2, -0.15) is 5.10 Å². The summed E-state index contributed by atoms with van der Waals surface area (Å²) in [6.45, 7) is 3.26. The van der Waals surface area contributed by atoms with E-state index in [0.29, 0.717) is 16.7 Å². The zero-order valence-corrected chi connectivity index (χ0v) is 17.9. The third-order valence-corrected chi connectivity index (χ3v) is 5.23. The Balaban J connectivity index is 1.38. The summed E-state index contributed by atoms with van der Waals surface area (Å²) in [7, 11) is 0. The average molecular weight is 439 g/mol. The number of nitrogens with one attached hydrogen (secondary N) is 1. The highest BCUT2D eigenvalue weighted by Crippen LogP contribution is 2.23. The quantitative estimate of drug-likeness (QED) is 0.268. The fourth-order valence-corrected chi connectivity index (χ4v) is 3.56. The van der Waals surface area contributed by atoms with Crippen LogP contribution in [0.25, 0.3) is 11.0 Å². The minimum absolute atomic E-state index is 0.373. The number of anilines is 1. The molecule has 0 spiro atoms. The molecule has 1 aromatic heterocycles. The van der Waals surface area contributed by atoms with Crippen molar-refractivity contribution >= 4 is 46.4 Å². The van der Waals surface area contributed by atoms with Gasteiger partial charge in [-0.05, 0) is 61.0 Å². The van der Waals surface area contributed by atoms with E-state index in [4.69, 9.17) is 27.9 Å². The Morgan fingerprint density at radius 2 is 1.87 bits per heavy atom. The Kier molecular flexibility index (Phi) is 6.21. The van der Waals surface area contributed by atoms with Gasteiger partial charge in [0.15, 0.2) is 0 Å². The molecular formula is C23H20Cl2N4O. The van der Waals surface area contributed by atoms with Crippen molar-refractivity contribution in [1.82, 2.24) is 9.55 Å². The van der Waals surface area contributed by atoms with Crippen molar-refractivity contribution in [3.63, 3.8) is 0 Å². The Labute approximate surface area is 184 Å². The fraction of sp³-hybridized carbons (Fsp3) is 0.130. The van der Waals surface area contributed by atoms with Crippen LogP contribution in [0.1, 0.15) is 18.1 Å². The van der Waals surface area contributed by atoms with Gasteiger partial charge < -0.3 is 9.30 Å². The molecule has 0 saturated heterocycles. The van der Waals surface area contributed by atoms with Crippen molar-refractivity contribution in [3.05, 3.63) is 87.9 Å². The molecule has 0 aliphatic rings. The van der Waals surface area contributed by atoms with Crippen LogP contribution in [-0.4, -0.2) is 15.8 Å². The molecule has 0 radical (unpaired) electrons. The van der Waals surface area contributed by atoms with Crippen molar-refractivity contribution < 1.29 is 4.74 Å². The van der Waals surface area contributed by atoms with Crippen LogP contribution in [0.5, 0.6) is 5.75 Å². The molecule has 0 aliphatic heterocycles. The van der Waals surface area contributed by atoms with Crippen molar-refractivity contribution in [2.75, 3.05) is 5.43 Å². The number of hydrogen-bond acceptors (Lipinski definition) is 4. The lowest BCUT2D eigenvalue weighted by Crippen LogP contribution is -2.01. The maximum atomic E-state index is 6.18. The molecule has 0 bridgehead atoms. The second kappa shape index (κ2) is 9.20. The number of aryl methyl sites for hydroxylation is 1. The SMILES string of the molecule is CCn1c(N/N=C\c2ccc(OCc3ccc(Cl)cc3Cl)cc2)nc2ccccc21. The predicted molar refractivity (Wildman–Crippen MR) is 124 cm³/mol. The summed E-state index contributed by atoms with van der Waals surface area (Å²) in [6.07, 6.45) is 1.75. The number of benzene rings is 3. The molecule has 4 rings (SSSR count). The van der Waals surface area contributed by atoms with Gasteiger partial charge in [0.1, 0.15) is 12.4 Å². The number of fused-ring (bicyclic) bond motifs is 1. The van der Waals surface area contributed by atoms with Crippen LogP contribution in [0.3, 0.4) is 0 Å². The van der Waals surface area contributed by atoms with E-state index in [1.807, 2.05) is 48.5 Å². The number of para-hydroxylation sites is 2. The van der Waals surface area contributed by atoms with E-state index in [1.165, 1.54) is 0 Å². The van der Waals surface area contributed by atoms with E-state index in [1.54, 1.807) is 18.3 Å². The third-order valence-electron chi connectivity index (χ3n) is 4.64. The number of nitrogens with zero attached hydrogens (tertiary/aromatic N) is 3. The number of aromatic nitrogens is 2. The molecule has 4 aromatic rings. The number of ether oxygens (including phenoxy) is 1. The standard InChI is InChI=1S/C23H20Cl2N4O/c1-2-29-22-6-4-3-5-21(22)27-23(29)28-26-14-16-7-11-19(12-8-16)30-15-17-9-10-18(24)13-20(17)25/h3-14H,2,15H2,1H3,(H,27,28)/b26-14-. The Bertz CT molecular complexity index is 1190. The van der Waals surface area contributed by atoms with Gasteiger partial charge in [0, 0.05) is 22.2 Å². The normalized spacial score (nSPS) is 11.3. The van der Waals surface area contributed by atoms with E-state index in [-0.39, 0.29) is 0 Å². The van der Waals surface area contributed by atoms with Gasteiger partial charge >= 0.3 is 0 Å². The average Bonchev–Trinajstić information content (AvgIpc) is 3.11. The molecule has 0 aliphatic carbocycles. The first kappa shape index (κ1) is 20.3. The Morgan fingerprint density at radius 1 is 1.07 bits per heavy atom. The van der Waals surface area contributed by atoms with Crippen LogP contribution < -0.4 is 10.2 Å². The molecule has 3 aromatic carbocycles. The number of hydrazone groups is 1. The van der Waals surface area contributed by atoms with E-state index < -0.39 is 0 Å². The maximum absolute atomic E-state index is 6.18. The molecule has 7 heteroatoms. The van der Waals surface area contributed by atoms with Crippen molar-refractivity contribution in [3.8, 4) is 5.75 Å². The number of imidazole rings is 1. The van der Waals surface area contributed by atoms with E-state index in [2.05, 4.69) is 33.1 Å². The minimum atomic E-state index is 0.373. The minimum Gasteiger partial charge on any atom is -0.489 e. The molecule has 0 saturated carbocycles. The van der Waals surface area contributed by atoms with E-state index in [9.17, 15) is 0 Å². The molecule has 0 amide bonds. The Morgan fingerprint density at radius 3 is 2.63 bits per heavy atom. The smallest absolute Gasteiger partial charge is 0.224 e. The van der Waals surface area contributed by atoms with Crippen molar-refractivity contribution in [1.29, 1.82) is 0 Å². The van der Waals surface area contributed by atoms with Crippen molar-refractivity contribution in [2.24, 2.45) is 5.10 Å². The van der Waals surface area contributed by atoms with Gasteiger partial charge in [-0.15, -0.1) is 0 Å². The van der Waals surface area contributed by atoms with Gasteiger partial charge in [-0.3, -0.25) is 0 Å². The first-order valence-corrected chi connectivity index (χ1v) is 10.3. The summed E-state index contributed by atoms with van der Waals surface area (Å²) in [4.78, 5) is 4.59. The fourth-order valence-electron chi connectivity index (χ4n) is 3.10. The molecule has 152 valence electrons. The predicted octanol–water partition coefficient (Wildman–Crippen LogP) is 6.39. The monoisotopic (exact) mass is 438 g/mol. The third kappa shape index (κ3) is 4.58. The van der Waals surface area contributed by atoms with Crippen LogP contribution in [0.4, 0.5) is 5.95 Å². The summed E-state index contributed by atoms with van der Waals surface area (Å²) < 4.78 is 7.89. The van der Waals surface area contributed by atoms with E-state index in [0.717, 1.165) is 40.4 Å². The molecule has 0 unspecified atom stereocenters. The molecule has 1 heterocycles. The first-order valence-electron chi connectivity index (χ1n) is 9.55. The molecular weight excluding hydrogens is 419 g/mol. The van der Waals surface area contributed by atoms with Crippen LogP contribution >= 0.6 is 23.2 Å². The molecule has 1 N–H and O–H groups in total. The number of halogens is 2. The lowest BCUT2D eigenvalue weighted by atomic mass is 10.2. The summed E-state index contributed by atoms with van der Waals surface area (Å²) in [5, 5.41) is 5.53. The van der Waals surface area contributed by atoms with Gasteiger partial charge in [0.25, 0.3) is 0 Å². The van der Waals surface area contributed by atoms with Crippen LogP contribution in [0.15, 0.2) is 71.8 Å². The summed E-state index contributed by atoms with van der Waals surface area (Å²) in [5.74, 6) is 1.47. The van der Waals surface area contributed by atoms with Gasteiger partial charge in [0.05, 0.1) is 17.2 Å². The van der Waals surface area contributed by atoms with Crippen LogP contribution in [0.2, 0.25) is 10.0 Å². The maximum Gasteiger partial charge on any atom is 0.224 e. The molecule has 30 heavy (non-hydrogen) atoms. The van der Waals surface area contributed by atoms with E-state index >= 15 is 0 Å². The lowest BCUT2D eigenvalue weighted by Gasteiger charge is -2.08.